The number of halogens is 3. The average molecular weight is 183 g/mol. The van der Waals surface area contributed by atoms with Crippen LogP contribution in [0.2, 0.25) is 0 Å². The molecule has 0 heterocycles. The third kappa shape index (κ3) is 9.75. The lowest BCUT2D eigenvalue weighted by molar-refractivity contribution is -0.135. The van der Waals surface area contributed by atoms with Gasteiger partial charge in [0.25, 0.3) is 0 Å². The van der Waals surface area contributed by atoms with Crippen molar-refractivity contribution in [3.05, 3.63) is 0 Å². The largest absolute Gasteiger partial charge is 0.389 e. The van der Waals surface area contributed by atoms with Crippen molar-refractivity contribution in [3.63, 3.8) is 0 Å². The molecule has 0 aliphatic heterocycles. The lowest BCUT2D eigenvalue weighted by atomic mass is 10.1. The highest BCUT2D eigenvalue weighted by molar-refractivity contribution is 4.55. The van der Waals surface area contributed by atoms with Crippen molar-refractivity contribution < 1.29 is 13.2 Å². The molecule has 0 radical (unpaired) electrons. The molecule has 0 spiro atoms. The lowest BCUT2D eigenvalue weighted by Crippen LogP contribution is -2.14. The molecule has 0 bridgehead atoms. The summed E-state index contributed by atoms with van der Waals surface area (Å²) in [7, 11) is 0. The number of unbranched alkanes of at least 4 members (excludes halogenated alkanes) is 2. The summed E-state index contributed by atoms with van der Waals surface area (Å²) in [6.07, 6.45) is -2.18. The standard InChI is InChI=1S/C8H16F3N/c1-7(12)5-3-2-4-6-8(9,10)11/h7H,2-6,12H2,1H3. The van der Waals surface area contributed by atoms with Gasteiger partial charge in [-0.1, -0.05) is 12.8 Å². The number of alkyl halides is 3. The Hall–Kier alpha value is -0.250. The summed E-state index contributed by atoms with van der Waals surface area (Å²) >= 11 is 0. The van der Waals surface area contributed by atoms with Crippen molar-refractivity contribution in [2.45, 2.75) is 51.2 Å². The SMILES string of the molecule is CC(N)CCCCCC(F)(F)F. The van der Waals surface area contributed by atoms with Crippen molar-refractivity contribution in [1.29, 1.82) is 0 Å². The maximum Gasteiger partial charge on any atom is 0.389 e. The van der Waals surface area contributed by atoms with E-state index >= 15 is 0 Å². The van der Waals surface area contributed by atoms with Crippen molar-refractivity contribution in [3.8, 4) is 0 Å². The van der Waals surface area contributed by atoms with Crippen LogP contribution >= 0.6 is 0 Å². The normalized spacial score (nSPS) is 14.8. The van der Waals surface area contributed by atoms with E-state index in [0.29, 0.717) is 6.42 Å². The van der Waals surface area contributed by atoms with Gasteiger partial charge in [-0.25, -0.2) is 0 Å². The van der Waals surface area contributed by atoms with Crippen molar-refractivity contribution >= 4 is 0 Å². The van der Waals surface area contributed by atoms with E-state index in [0.717, 1.165) is 12.8 Å². The van der Waals surface area contributed by atoms with Gasteiger partial charge in [-0.05, 0) is 19.8 Å². The highest BCUT2D eigenvalue weighted by atomic mass is 19.4. The summed E-state index contributed by atoms with van der Waals surface area (Å²) in [6.45, 7) is 1.86. The van der Waals surface area contributed by atoms with Gasteiger partial charge >= 0.3 is 6.18 Å². The number of hydrogen-bond donors (Lipinski definition) is 1. The van der Waals surface area contributed by atoms with Crippen LogP contribution in [0.25, 0.3) is 0 Å². The molecule has 4 heteroatoms. The summed E-state index contributed by atoms with van der Waals surface area (Å²) in [4.78, 5) is 0. The highest BCUT2D eigenvalue weighted by Crippen LogP contribution is 2.22. The molecule has 0 aromatic rings. The van der Waals surface area contributed by atoms with Crippen LogP contribution in [0, 0.1) is 0 Å². The molecular weight excluding hydrogens is 167 g/mol. The first kappa shape index (κ1) is 11.8. The molecule has 74 valence electrons. The fraction of sp³-hybridized carbons (Fsp3) is 1.00. The van der Waals surface area contributed by atoms with Crippen LogP contribution < -0.4 is 5.73 Å². The second-order valence-corrected chi connectivity index (χ2v) is 3.19. The Bertz CT molecular complexity index is 109. The Balaban J connectivity index is 3.12. The van der Waals surface area contributed by atoms with Crippen LogP contribution in [0.3, 0.4) is 0 Å². The van der Waals surface area contributed by atoms with E-state index in [9.17, 15) is 13.2 Å². The van der Waals surface area contributed by atoms with Crippen LogP contribution in [0.15, 0.2) is 0 Å². The Morgan fingerprint density at radius 2 is 1.75 bits per heavy atom. The zero-order valence-corrected chi connectivity index (χ0v) is 7.32. The summed E-state index contributed by atoms with van der Waals surface area (Å²) in [5.41, 5.74) is 5.44. The van der Waals surface area contributed by atoms with Crippen molar-refractivity contribution in [2.75, 3.05) is 0 Å². The number of rotatable bonds is 5. The third-order valence-corrected chi connectivity index (χ3v) is 1.62. The Morgan fingerprint density at radius 1 is 1.17 bits per heavy atom. The van der Waals surface area contributed by atoms with Gasteiger partial charge in [-0.2, -0.15) is 13.2 Å². The van der Waals surface area contributed by atoms with Gasteiger partial charge in [-0.15, -0.1) is 0 Å². The minimum absolute atomic E-state index is 0.107. The summed E-state index contributed by atoms with van der Waals surface area (Å²) in [6, 6.07) is 0.107. The van der Waals surface area contributed by atoms with E-state index < -0.39 is 12.6 Å². The number of hydrogen-bond acceptors (Lipinski definition) is 1. The predicted octanol–water partition coefficient (Wildman–Crippen LogP) is 2.85. The summed E-state index contributed by atoms with van der Waals surface area (Å²) in [5, 5.41) is 0. The zero-order valence-electron chi connectivity index (χ0n) is 7.32. The van der Waals surface area contributed by atoms with Crippen LogP contribution in [0.5, 0.6) is 0 Å². The van der Waals surface area contributed by atoms with E-state index in [4.69, 9.17) is 5.73 Å². The Morgan fingerprint density at radius 3 is 2.17 bits per heavy atom. The minimum Gasteiger partial charge on any atom is -0.328 e. The molecule has 1 nitrogen and oxygen atoms in total. The molecule has 0 fully saturated rings. The highest BCUT2D eigenvalue weighted by Gasteiger charge is 2.25. The number of nitrogens with two attached hydrogens (primary N) is 1. The maximum absolute atomic E-state index is 11.6. The molecule has 12 heavy (non-hydrogen) atoms. The molecule has 2 N–H and O–H groups in total. The van der Waals surface area contributed by atoms with E-state index in [1.807, 2.05) is 6.92 Å². The van der Waals surface area contributed by atoms with Gasteiger partial charge in [0.15, 0.2) is 0 Å². The van der Waals surface area contributed by atoms with Crippen molar-refractivity contribution in [2.24, 2.45) is 5.73 Å². The van der Waals surface area contributed by atoms with E-state index in [1.165, 1.54) is 0 Å². The third-order valence-electron chi connectivity index (χ3n) is 1.62. The fourth-order valence-electron chi connectivity index (χ4n) is 0.969. The topological polar surface area (TPSA) is 26.0 Å². The molecule has 0 saturated carbocycles. The first-order chi connectivity index (χ1) is 5.42. The minimum atomic E-state index is -3.99. The molecule has 0 aromatic carbocycles. The smallest absolute Gasteiger partial charge is 0.328 e. The summed E-state index contributed by atoms with van der Waals surface area (Å²) in [5.74, 6) is 0. The molecule has 0 rings (SSSR count). The monoisotopic (exact) mass is 183 g/mol. The fourth-order valence-corrected chi connectivity index (χ4v) is 0.969. The van der Waals surface area contributed by atoms with Gasteiger partial charge in [0.1, 0.15) is 0 Å². The van der Waals surface area contributed by atoms with Gasteiger partial charge in [0.05, 0.1) is 0 Å². The first-order valence-electron chi connectivity index (χ1n) is 4.24. The van der Waals surface area contributed by atoms with Gasteiger partial charge < -0.3 is 5.73 Å². The van der Waals surface area contributed by atoms with Crippen molar-refractivity contribution in [1.82, 2.24) is 0 Å². The second-order valence-electron chi connectivity index (χ2n) is 3.19. The average Bonchev–Trinajstić information content (AvgIpc) is 1.83. The van der Waals surface area contributed by atoms with Gasteiger partial charge in [-0.3, -0.25) is 0 Å². The summed E-state index contributed by atoms with van der Waals surface area (Å²) < 4.78 is 34.9. The molecule has 1 atom stereocenters. The van der Waals surface area contributed by atoms with Gasteiger partial charge in [0, 0.05) is 12.5 Å². The molecule has 0 aliphatic rings. The molecule has 0 aliphatic carbocycles. The first-order valence-corrected chi connectivity index (χ1v) is 4.24. The molecular formula is C8H16F3N. The molecule has 0 aromatic heterocycles. The van der Waals surface area contributed by atoms with Crippen LogP contribution in [0.4, 0.5) is 13.2 Å². The Kier molecular flexibility index (Phi) is 5.29. The predicted molar refractivity (Wildman–Crippen MR) is 42.8 cm³/mol. The second kappa shape index (κ2) is 5.41. The quantitative estimate of drug-likeness (QED) is 0.651. The van der Waals surface area contributed by atoms with E-state index in [-0.39, 0.29) is 12.5 Å². The van der Waals surface area contributed by atoms with E-state index in [1.54, 1.807) is 0 Å². The van der Waals surface area contributed by atoms with Crippen LogP contribution in [0.1, 0.15) is 39.0 Å². The Labute approximate surface area is 71.1 Å². The molecule has 0 amide bonds. The zero-order chi connectivity index (χ0) is 9.61. The van der Waals surface area contributed by atoms with Crippen LogP contribution in [-0.4, -0.2) is 12.2 Å². The van der Waals surface area contributed by atoms with Crippen LogP contribution in [-0.2, 0) is 0 Å². The molecule has 1 unspecified atom stereocenters. The van der Waals surface area contributed by atoms with E-state index in [2.05, 4.69) is 0 Å². The maximum atomic E-state index is 11.6. The molecule has 0 saturated heterocycles. The van der Waals surface area contributed by atoms with Gasteiger partial charge in [0.2, 0.25) is 0 Å². The lowest BCUT2D eigenvalue weighted by Gasteiger charge is -2.06.